The second-order valence-electron chi connectivity index (χ2n) is 4.79. The lowest BCUT2D eigenvalue weighted by Crippen LogP contribution is -2.28. The number of rotatable bonds is 4. The van der Waals surface area contributed by atoms with Gasteiger partial charge in [0.2, 0.25) is 0 Å². The molecule has 1 N–H and O–H groups in total. The average molecular weight is 225 g/mol. The quantitative estimate of drug-likeness (QED) is 0.850. The minimum absolute atomic E-state index is 0.111. The number of hydrogen-bond donors (Lipinski definition) is 1. The fourth-order valence-electron chi connectivity index (χ4n) is 1.42. The number of likely N-dealkylation sites (N-methyl/N-ethyl adjacent to an activating group) is 1. The van der Waals surface area contributed by atoms with Crippen molar-refractivity contribution in [1.82, 2.24) is 5.32 Å². The molecule has 0 aromatic heterocycles. The van der Waals surface area contributed by atoms with Crippen LogP contribution in [-0.2, 0) is 4.74 Å². The summed E-state index contributed by atoms with van der Waals surface area (Å²) in [6.07, 6.45) is 0. The predicted molar refractivity (Wildman–Crippen MR) is 63.9 cm³/mol. The zero-order chi connectivity index (χ0) is 12.2. The van der Waals surface area contributed by atoms with Gasteiger partial charge < -0.3 is 10.1 Å². The van der Waals surface area contributed by atoms with E-state index in [-0.39, 0.29) is 17.5 Å². The van der Waals surface area contributed by atoms with Crippen molar-refractivity contribution in [3.8, 4) is 0 Å². The van der Waals surface area contributed by atoms with Crippen molar-refractivity contribution in [2.24, 2.45) is 0 Å². The highest BCUT2D eigenvalue weighted by molar-refractivity contribution is 5.21. The average Bonchev–Trinajstić information content (AvgIpc) is 2.20. The van der Waals surface area contributed by atoms with Gasteiger partial charge >= 0.3 is 0 Å². The molecule has 0 spiro atoms. The second-order valence-corrected chi connectivity index (χ2v) is 4.79. The maximum atomic E-state index is 13.6. The molecule has 0 aliphatic carbocycles. The summed E-state index contributed by atoms with van der Waals surface area (Å²) < 4.78 is 19.2. The number of benzene rings is 1. The van der Waals surface area contributed by atoms with E-state index in [2.05, 4.69) is 5.32 Å². The van der Waals surface area contributed by atoms with Gasteiger partial charge in [0.1, 0.15) is 5.82 Å². The summed E-state index contributed by atoms with van der Waals surface area (Å²) in [6, 6.07) is 6.66. The maximum absolute atomic E-state index is 13.6. The normalized spacial score (nSPS) is 13.8. The molecule has 0 aliphatic rings. The zero-order valence-electron chi connectivity index (χ0n) is 10.4. The Kier molecular flexibility index (Phi) is 4.44. The molecule has 3 heteroatoms. The van der Waals surface area contributed by atoms with Gasteiger partial charge in [-0.2, -0.15) is 0 Å². The van der Waals surface area contributed by atoms with Crippen LogP contribution in [0.2, 0.25) is 0 Å². The number of ether oxygens (including phenoxy) is 1. The van der Waals surface area contributed by atoms with Gasteiger partial charge in [0.05, 0.1) is 18.2 Å². The van der Waals surface area contributed by atoms with Crippen molar-refractivity contribution in [3.05, 3.63) is 35.6 Å². The van der Waals surface area contributed by atoms with Crippen LogP contribution in [0.15, 0.2) is 24.3 Å². The van der Waals surface area contributed by atoms with Gasteiger partial charge in [0.15, 0.2) is 0 Å². The van der Waals surface area contributed by atoms with Crippen LogP contribution >= 0.6 is 0 Å². The second kappa shape index (κ2) is 5.41. The lowest BCUT2D eigenvalue weighted by atomic mass is 10.1. The van der Waals surface area contributed by atoms with Crippen LogP contribution in [0.5, 0.6) is 0 Å². The van der Waals surface area contributed by atoms with Crippen LogP contribution in [0.3, 0.4) is 0 Å². The first-order chi connectivity index (χ1) is 7.44. The summed E-state index contributed by atoms with van der Waals surface area (Å²) >= 11 is 0. The fraction of sp³-hybridized carbons (Fsp3) is 0.538. The SMILES string of the molecule is CNC(COC(C)(C)C)c1ccccc1F. The summed E-state index contributed by atoms with van der Waals surface area (Å²) in [6.45, 7) is 6.42. The topological polar surface area (TPSA) is 21.3 Å². The number of nitrogens with one attached hydrogen (secondary N) is 1. The first kappa shape index (κ1) is 13.1. The third kappa shape index (κ3) is 3.91. The van der Waals surface area contributed by atoms with Gasteiger partial charge in [-0.1, -0.05) is 18.2 Å². The van der Waals surface area contributed by atoms with Crippen LogP contribution in [0, 0.1) is 5.82 Å². The first-order valence-electron chi connectivity index (χ1n) is 5.49. The van der Waals surface area contributed by atoms with E-state index in [0.29, 0.717) is 12.2 Å². The van der Waals surface area contributed by atoms with Gasteiger partial charge in [-0.15, -0.1) is 0 Å². The van der Waals surface area contributed by atoms with Crippen molar-refractivity contribution < 1.29 is 9.13 Å². The molecule has 0 saturated carbocycles. The minimum atomic E-state index is -0.208. The molecule has 0 saturated heterocycles. The summed E-state index contributed by atoms with van der Waals surface area (Å²) in [7, 11) is 1.81. The molecule has 1 aromatic carbocycles. The highest BCUT2D eigenvalue weighted by Crippen LogP contribution is 2.19. The van der Waals surface area contributed by atoms with E-state index in [0.717, 1.165) is 0 Å². The maximum Gasteiger partial charge on any atom is 0.128 e. The molecule has 0 radical (unpaired) electrons. The van der Waals surface area contributed by atoms with Crippen molar-refractivity contribution in [1.29, 1.82) is 0 Å². The van der Waals surface area contributed by atoms with E-state index in [1.54, 1.807) is 12.1 Å². The lowest BCUT2D eigenvalue weighted by molar-refractivity contribution is -0.0143. The Morgan fingerprint density at radius 1 is 1.31 bits per heavy atom. The zero-order valence-corrected chi connectivity index (χ0v) is 10.4. The van der Waals surface area contributed by atoms with Gasteiger partial charge in [-0.05, 0) is 33.9 Å². The van der Waals surface area contributed by atoms with Gasteiger partial charge in [-0.25, -0.2) is 4.39 Å². The summed E-state index contributed by atoms with van der Waals surface area (Å²) in [5, 5.41) is 3.07. The highest BCUT2D eigenvalue weighted by Gasteiger charge is 2.17. The summed E-state index contributed by atoms with van der Waals surface area (Å²) in [5.41, 5.74) is 0.439. The van der Waals surface area contributed by atoms with Crippen molar-refractivity contribution in [2.45, 2.75) is 32.4 Å². The molecular weight excluding hydrogens is 205 g/mol. The fourth-order valence-corrected chi connectivity index (χ4v) is 1.42. The molecule has 1 atom stereocenters. The van der Waals surface area contributed by atoms with Gasteiger partial charge in [0.25, 0.3) is 0 Å². The van der Waals surface area contributed by atoms with E-state index in [1.165, 1.54) is 6.07 Å². The van der Waals surface area contributed by atoms with E-state index in [9.17, 15) is 4.39 Å². The standard InChI is InChI=1S/C13H20FNO/c1-13(2,3)16-9-12(15-4)10-7-5-6-8-11(10)14/h5-8,12,15H,9H2,1-4H3. The van der Waals surface area contributed by atoms with Crippen molar-refractivity contribution in [3.63, 3.8) is 0 Å². The molecule has 16 heavy (non-hydrogen) atoms. The third-order valence-corrected chi connectivity index (χ3v) is 2.31. The van der Waals surface area contributed by atoms with Crippen LogP contribution in [0.25, 0.3) is 0 Å². The molecule has 2 nitrogen and oxygen atoms in total. The predicted octanol–water partition coefficient (Wildman–Crippen LogP) is 2.90. The molecular formula is C13H20FNO. The summed E-state index contributed by atoms with van der Waals surface area (Å²) in [4.78, 5) is 0. The molecule has 1 aromatic rings. The Morgan fingerprint density at radius 3 is 2.44 bits per heavy atom. The van der Waals surface area contributed by atoms with Crippen LogP contribution in [0.1, 0.15) is 32.4 Å². The Morgan fingerprint density at radius 2 is 1.94 bits per heavy atom. The molecule has 1 rings (SSSR count). The Hall–Kier alpha value is -0.930. The first-order valence-corrected chi connectivity index (χ1v) is 5.49. The van der Waals surface area contributed by atoms with Gasteiger partial charge in [-0.3, -0.25) is 0 Å². The third-order valence-electron chi connectivity index (χ3n) is 2.31. The molecule has 90 valence electrons. The largest absolute Gasteiger partial charge is 0.374 e. The Labute approximate surface area is 96.8 Å². The van der Waals surface area contributed by atoms with E-state index < -0.39 is 0 Å². The van der Waals surface area contributed by atoms with Crippen molar-refractivity contribution in [2.75, 3.05) is 13.7 Å². The smallest absolute Gasteiger partial charge is 0.128 e. The Balaban J connectivity index is 2.72. The molecule has 0 bridgehead atoms. The molecule has 1 unspecified atom stereocenters. The Bertz CT molecular complexity index is 333. The van der Waals surface area contributed by atoms with Gasteiger partial charge in [0, 0.05) is 5.56 Å². The lowest BCUT2D eigenvalue weighted by Gasteiger charge is -2.24. The number of hydrogen-bond acceptors (Lipinski definition) is 2. The minimum Gasteiger partial charge on any atom is -0.374 e. The van der Waals surface area contributed by atoms with E-state index >= 15 is 0 Å². The van der Waals surface area contributed by atoms with Crippen LogP contribution < -0.4 is 5.32 Å². The van der Waals surface area contributed by atoms with Crippen molar-refractivity contribution >= 4 is 0 Å². The molecule has 0 aliphatic heterocycles. The van der Waals surface area contributed by atoms with E-state index in [1.807, 2.05) is 33.9 Å². The van der Waals surface area contributed by atoms with Crippen LogP contribution in [0.4, 0.5) is 4.39 Å². The highest BCUT2D eigenvalue weighted by atomic mass is 19.1. The molecule has 0 heterocycles. The van der Waals surface area contributed by atoms with Crippen LogP contribution in [-0.4, -0.2) is 19.3 Å². The van der Waals surface area contributed by atoms with E-state index in [4.69, 9.17) is 4.74 Å². The number of halogens is 1. The molecule has 0 fully saturated rings. The summed E-state index contributed by atoms with van der Waals surface area (Å²) in [5.74, 6) is -0.195. The monoisotopic (exact) mass is 225 g/mol. The molecule has 0 amide bonds.